The van der Waals surface area contributed by atoms with Gasteiger partial charge >= 0.3 is 0 Å². The number of carbonyl (C=O) groups is 1. The Hall–Kier alpha value is -2.32. The van der Waals surface area contributed by atoms with Gasteiger partial charge in [-0.1, -0.05) is 6.08 Å². The van der Waals surface area contributed by atoms with E-state index in [4.69, 9.17) is 17.3 Å². The summed E-state index contributed by atoms with van der Waals surface area (Å²) in [6.45, 7) is 10.9. The summed E-state index contributed by atoms with van der Waals surface area (Å²) in [5.74, 6) is 1.16. The fraction of sp³-hybridized carbons (Fsp3) is 0.524. The van der Waals surface area contributed by atoms with Crippen molar-refractivity contribution in [3.05, 3.63) is 42.0 Å². The number of piperidine rings is 1. The van der Waals surface area contributed by atoms with Crippen LogP contribution in [0, 0.1) is 10.7 Å². The fourth-order valence-corrected chi connectivity index (χ4v) is 3.85. The van der Waals surface area contributed by atoms with E-state index in [2.05, 4.69) is 16.5 Å². The summed E-state index contributed by atoms with van der Waals surface area (Å²) in [6.07, 6.45) is 7.10. The molecule has 1 fully saturated rings. The quantitative estimate of drug-likeness (QED) is 0.514. The second-order valence-electron chi connectivity index (χ2n) is 7.82. The summed E-state index contributed by atoms with van der Waals surface area (Å²) < 4.78 is 4.51. The molecule has 0 aromatic carbocycles. The van der Waals surface area contributed by atoms with Gasteiger partial charge in [0.25, 0.3) is 0 Å². The molecule has 0 unspecified atom stereocenters. The zero-order chi connectivity index (χ0) is 21.0. The number of pyridine rings is 1. The molecule has 2 aromatic rings. The van der Waals surface area contributed by atoms with Crippen LogP contribution in [0.4, 0.5) is 0 Å². The van der Waals surface area contributed by atoms with Crippen LogP contribution in [0.5, 0.6) is 0 Å². The summed E-state index contributed by atoms with van der Waals surface area (Å²) in [5, 5.41) is 4.77. The molecule has 1 aliphatic rings. The lowest BCUT2D eigenvalue weighted by Gasteiger charge is -2.34. The van der Waals surface area contributed by atoms with Crippen molar-refractivity contribution in [2.45, 2.75) is 45.9 Å². The lowest BCUT2D eigenvalue weighted by Crippen LogP contribution is -2.43. The molecule has 0 atom stereocenters. The van der Waals surface area contributed by atoms with Gasteiger partial charge in [0, 0.05) is 56.6 Å². The predicted molar refractivity (Wildman–Crippen MR) is 117 cm³/mol. The molecular weight excluding hydrogens is 384 g/mol. The number of amides is 1. The van der Waals surface area contributed by atoms with E-state index in [0.717, 1.165) is 37.3 Å². The van der Waals surface area contributed by atoms with Crippen LogP contribution in [0.25, 0.3) is 11.4 Å². The third-order valence-electron chi connectivity index (χ3n) is 5.55. The highest BCUT2D eigenvalue weighted by Crippen LogP contribution is 2.22. The summed E-state index contributed by atoms with van der Waals surface area (Å²) in [7, 11) is 1.89. The minimum atomic E-state index is 0.107. The summed E-state index contributed by atoms with van der Waals surface area (Å²) in [6, 6.07) is 4.11. The van der Waals surface area contributed by atoms with Crippen molar-refractivity contribution in [2.75, 3.05) is 20.1 Å². The number of hydrogen-bond acceptors (Lipinski definition) is 5. The van der Waals surface area contributed by atoms with Crippen LogP contribution in [-0.2, 0) is 18.0 Å². The highest BCUT2D eigenvalue weighted by molar-refractivity contribution is 7.71. The molecule has 29 heavy (non-hydrogen) atoms. The topological polar surface area (TPSA) is 59.2 Å². The molecule has 1 aliphatic heterocycles. The van der Waals surface area contributed by atoms with Crippen molar-refractivity contribution in [3.8, 4) is 11.4 Å². The first kappa shape index (κ1) is 21.4. The Morgan fingerprint density at radius 2 is 2.14 bits per heavy atom. The zero-order valence-electron chi connectivity index (χ0n) is 17.5. The van der Waals surface area contributed by atoms with Crippen molar-refractivity contribution in [3.63, 3.8) is 0 Å². The van der Waals surface area contributed by atoms with Crippen molar-refractivity contribution in [1.29, 1.82) is 0 Å². The number of aromatic nitrogens is 4. The average molecular weight is 415 g/mol. The highest BCUT2D eigenvalue weighted by atomic mass is 32.1. The van der Waals surface area contributed by atoms with Crippen LogP contribution in [0.2, 0.25) is 0 Å². The second kappa shape index (κ2) is 9.45. The first-order valence-corrected chi connectivity index (χ1v) is 10.5. The lowest BCUT2D eigenvalue weighted by atomic mass is 9.95. The molecule has 1 amide bonds. The Kier molecular flexibility index (Phi) is 6.97. The zero-order valence-corrected chi connectivity index (χ0v) is 18.3. The van der Waals surface area contributed by atoms with Crippen LogP contribution in [-0.4, -0.2) is 61.2 Å². The fourth-order valence-electron chi connectivity index (χ4n) is 3.59. The molecule has 0 N–H and O–H groups in total. The van der Waals surface area contributed by atoms with Crippen molar-refractivity contribution >= 4 is 18.1 Å². The number of allylic oxidation sites excluding steroid dienone is 1. The van der Waals surface area contributed by atoms with Crippen LogP contribution >= 0.6 is 12.2 Å². The van der Waals surface area contributed by atoms with Crippen molar-refractivity contribution in [1.82, 2.24) is 29.1 Å². The lowest BCUT2D eigenvalue weighted by molar-refractivity contribution is -0.137. The number of rotatable bonds is 7. The molecule has 0 bridgehead atoms. The van der Waals surface area contributed by atoms with E-state index < -0.39 is 0 Å². The number of nitrogens with zero attached hydrogens (tertiary/aromatic N) is 6. The molecule has 0 spiro atoms. The molecule has 3 heterocycles. The molecule has 7 nitrogen and oxygen atoms in total. The van der Waals surface area contributed by atoms with Crippen molar-refractivity contribution < 1.29 is 4.79 Å². The summed E-state index contributed by atoms with van der Waals surface area (Å²) in [5.41, 5.74) is 0.931. The Morgan fingerprint density at radius 1 is 1.41 bits per heavy atom. The molecule has 156 valence electrons. The summed E-state index contributed by atoms with van der Waals surface area (Å²) >= 11 is 5.68. The Balaban J connectivity index is 1.71. The van der Waals surface area contributed by atoms with E-state index in [-0.39, 0.29) is 17.9 Å². The molecule has 3 rings (SSSR count). The van der Waals surface area contributed by atoms with Gasteiger partial charge in [0.2, 0.25) is 5.91 Å². The number of hydrogen-bond donors (Lipinski definition) is 0. The van der Waals surface area contributed by atoms with Gasteiger partial charge < -0.3 is 4.90 Å². The maximum Gasteiger partial charge on any atom is 0.225 e. The summed E-state index contributed by atoms with van der Waals surface area (Å²) in [4.78, 5) is 21.0. The van der Waals surface area contributed by atoms with Gasteiger partial charge in [-0.15, -0.1) is 6.58 Å². The van der Waals surface area contributed by atoms with Gasteiger partial charge in [0.1, 0.15) is 0 Å². The minimum absolute atomic E-state index is 0.107. The minimum Gasteiger partial charge on any atom is -0.343 e. The van der Waals surface area contributed by atoms with E-state index in [1.807, 2.05) is 53.3 Å². The number of likely N-dealkylation sites (tertiary alicyclic amines) is 1. The first-order valence-electron chi connectivity index (χ1n) is 10.1. The van der Waals surface area contributed by atoms with E-state index in [9.17, 15) is 4.79 Å². The van der Waals surface area contributed by atoms with E-state index in [0.29, 0.717) is 18.0 Å². The molecule has 8 heteroatoms. The van der Waals surface area contributed by atoms with E-state index in [1.54, 1.807) is 12.4 Å². The smallest absolute Gasteiger partial charge is 0.225 e. The van der Waals surface area contributed by atoms with Gasteiger partial charge in [-0.3, -0.25) is 19.2 Å². The van der Waals surface area contributed by atoms with E-state index >= 15 is 0 Å². The van der Waals surface area contributed by atoms with Gasteiger partial charge in [-0.25, -0.2) is 4.68 Å². The maximum absolute atomic E-state index is 12.6. The number of carbonyl (C=O) groups excluding carboxylic acids is 1. The van der Waals surface area contributed by atoms with Gasteiger partial charge in [-0.2, -0.15) is 5.10 Å². The molecular formula is C21H30N6OS. The third-order valence-corrected chi connectivity index (χ3v) is 5.98. The predicted octanol–water partition coefficient (Wildman–Crippen LogP) is 3.20. The molecule has 0 aliphatic carbocycles. The highest BCUT2D eigenvalue weighted by Gasteiger charge is 2.28. The standard InChI is InChI=1S/C21H30N6OS/c1-5-11-26-19(18-7-6-10-22-14-18)23-27(21(26)29)15-25-12-8-17(9-13-25)20(28)24(4)16(2)3/h5-7,10,14,16-17H,1,8-9,11-13,15H2,2-4H3. The Labute approximate surface area is 177 Å². The van der Waals surface area contributed by atoms with Gasteiger partial charge in [-0.05, 0) is 51.0 Å². The monoisotopic (exact) mass is 414 g/mol. The van der Waals surface area contributed by atoms with Gasteiger partial charge in [0.15, 0.2) is 10.6 Å². The average Bonchev–Trinajstić information content (AvgIpc) is 3.04. The normalized spacial score (nSPS) is 15.6. The van der Waals surface area contributed by atoms with Crippen LogP contribution in [0.15, 0.2) is 37.2 Å². The first-order chi connectivity index (χ1) is 13.9. The Morgan fingerprint density at radius 3 is 2.72 bits per heavy atom. The van der Waals surface area contributed by atoms with Crippen LogP contribution in [0.3, 0.4) is 0 Å². The van der Waals surface area contributed by atoms with E-state index in [1.165, 1.54) is 0 Å². The largest absolute Gasteiger partial charge is 0.343 e. The SMILES string of the molecule is C=CCn1c(-c2cccnc2)nn(CN2CCC(C(=O)N(C)C(C)C)CC2)c1=S. The maximum atomic E-state index is 12.6. The molecule has 0 radical (unpaired) electrons. The van der Waals surface area contributed by atoms with Gasteiger partial charge in [0.05, 0.1) is 6.67 Å². The molecule has 0 saturated carbocycles. The third kappa shape index (κ3) is 4.82. The molecule has 2 aromatic heterocycles. The Bertz CT molecular complexity index is 896. The molecule has 1 saturated heterocycles. The van der Waals surface area contributed by atoms with Crippen molar-refractivity contribution in [2.24, 2.45) is 5.92 Å². The van der Waals surface area contributed by atoms with Crippen LogP contribution in [0.1, 0.15) is 26.7 Å². The second-order valence-corrected chi connectivity index (χ2v) is 8.19. The van der Waals surface area contributed by atoms with Crippen LogP contribution < -0.4 is 0 Å².